The number of carbonyl (C=O) groups excluding carboxylic acids is 2. The van der Waals surface area contributed by atoms with Crippen LogP contribution in [0.15, 0.2) is 42.6 Å². The molecule has 24 heavy (non-hydrogen) atoms. The van der Waals surface area contributed by atoms with Gasteiger partial charge in [-0.15, -0.1) is 0 Å². The zero-order chi connectivity index (χ0) is 17.1. The van der Waals surface area contributed by atoms with Gasteiger partial charge < -0.3 is 9.80 Å². The van der Waals surface area contributed by atoms with E-state index < -0.39 is 0 Å². The summed E-state index contributed by atoms with van der Waals surface area (Å²) in [6, 6.07) is 9.58. The van der Waals surface area contributed by atoms with E-state index in [4.69, 9.17) is 0 Å². The highest BCUT2D eigenvalue weighted by Gasteiger charge is 2.26. The van der Waals surface area contributed by atoms with E-state index in [1.807, 2.05) is 0 Å². The van der Waals surface area contributed by atoms with Crippen molar-refractivity contribution in [3.05, 3.63) is 65.2 Å². The summed E-state index contributed by atoms with van der Waals surface area (Å²) in [6.45, 7) is 3.46. The van der Waals surface area contributed by atoms with Crippen LogP contribution in [0.4, 0.5) is 4.39 Å². The second-order valence-electron chi connectivity index (χ2n) is 5.76. The molecule has 1 aliphatic rings. The van der Waals surface area contributed by atoms with Gasteiger partial charge in [-0.3, -0.25) is 14.6 Å². The number of nitrogens with zero attached hydrogens (tertiary/aromatic N) is 3. The molecule has 0 aliphatic carbocycles. The Hall–Kier alpha value is -2.76. The lowest BCUT2D eigenvalue weighted by Crippen LogP contribution is -2.50. The number of piperazine rings is 1. The van der Waals surface area contributed by atoms with Gasteiger partial charge in [0.15, 0.2) is 0 Å². The Morgan fingerprint density at radius 1 is 1.00 bits per heavy atom. The number of pyridine rings is 1. The van der Waals surface area contributed by atoms with E-state index in [1.165, 1.54) is 12.1 Å². The first kappa shape index (κ1) is 16.1. The number of aryl methyl sites for hydroxylation is 1. The first-order chi connectivity index (χ1) is 11.6. The van der Waals surface area contributed by atoms with E-state index in [-0.39, 0.29) is 17.6 Å². The molecule has 1 saturated heterocycles. The maximum Gasteiger partial charge on any atom is 0.272 e. The van der Waals surface area contributed by atoms with E-state index in [2.05, 4.69) is 4.98 Å². The molecule has 6 heteroatoms. The molecule has 0 saturated carbocycles. The number of amides is 2. The van der Waals surface area contributed by atoms with Gasteiger partial charge in [-0.1, -0.05) is 6.07 Å². The van der Waals surface area contributed by atoms with Crippen molar-refractivity contribution in [2.45, 2.75) is 6.92 Å². The van der Waals surface area contributed by atoms with Crippen molar-refractivity contribution in [2.24, 2.45) is 0 Å². The molecule has 1 fully saturated rings. The molecule has 2 aromatic rings. The largest absolute Gasteiger partial charge is 0.335 e. The van der Waals surface area contributed by atoms with Crippen LogP contribution in [0.2, 0.25) is 0 Å². The minimum absolute atomic E-state index is 0.125. The molecule has 0 radical (unpaired) electrons. The van der Waals surface area contributed by atoms with Crippen molar-refractivity contribution in [1.82, 2.24) is 14.8 Å². The molecule has 0 unspecified atom stereocenters. The maximum atomic E-state index is 13.3. The zero-order valence-corrected chi connectivity index (χ0v) is 13.4. The molecule has 1 aromatic carbocycles. The molecule has 1 aromatic heterocycles. The molecule has 0 spiro atoms. The Bertz CT molecular complexity index is 756. The summed E-state index contributed by atoms with van der Waals surface area (Å²) in [5.74, 6) is -0.583. The van der Waals surface area contributed by atoms with Crippen LogP contribution >= 0.6 is 0 Å². The molecule has 5 nitrogen and oxygen atoms in total. The van der Waals surface area contributed by atoms with Crippen LogP contribution < -0.4 is 0 Å². The summed E-state index contributed by atoms with van der Waals surface area (Å²) in [7, 11) is 0. The predicted octanol–water partition coefficient (Wildman–Crippen LogP) is 2.13. The lowest BCUT2D eigenvalue weighted by atomic mass is 10.1. The molecular weight excluding hydrogens is 309 g/mol. The number of aromatic nitrogens is 1. The second kappa shape index (κ2) is 6.78. The third kappa shape index (κ3) is 3.27. The second-order valence-corrected chi connectivity index (χ2v) is 5.76. The number of hydrogen-bond donors (Lipinski definition) is 0. The average molecular weight is 327 g/mol. The fraction of sp³-hybridized carbons (Fsp3) is 0.278. The van der Waals surface area contributed by atoms with Crippen molar-refractivity contribution >= 4 is 11.8 Å². The lowest BCUT2D eigenvalue weighted by Gasteiger charge is -2.34. The topological polar surface area (TPSA) is 53.5 Å². The van der Waals surface area contributed by atoms with E-state index in [9.17, 15) is 14.0 Å². The summed E-state index contributed by atoms with van der Waals surface area (Å²) >= 11 is 0. The molecule has 2 amide bonds. The van der Waals surface area contributed by atoms with Gasteiger partial charge in [0, 0.05) is 37.9 Å². The van der Waals surface area contributed by atoms with Gasteiger partial charge in [0.1, 0.15) is 11.5 Å². The minimum atomic E-state index is -0.322. The van der Waals surface area contributed by atoms with Crippen LogP contribution in [-0.4, -0.2) is 52.8 Å². The Morgan fingerprint density at radius 2 is 1.67 bits per heavy atom. The van der Waals surface area contributed by atoms with Gasteiger partial charge >= 0.3 is 0 Å². The summed E-state index contributed by atoms with van der Waals surface area (Å²) in [5.41, 5.74) is 1.33. The molecular formula is C18H18FN3O2. The van der Waals surface area contributed by atoms with E-state index in [0.29, 0.717) is 43.0 Å². The van der Waals surface area contributed by atoms with Gasteiger partial charge in [0.25, 0.3) is 11.8 Å². The van der Waals surface area contributed by atoms with Crippen molar-refractivity contribution in [1.29, 1.82) is 0 Å². The standard InChI is InChI=1S/C18H18FN3O2/c1-13-12-14(5-6-15(13)19)17(23)21-8-10-22(11-9-21)18(24)16-4-2-3-7-20-16/h2-7,12H,8-11H2,1H3. The Morgan fingerprint density at radius 3 is 2.25 bits per heavy atom. The van der Waals surface area contributed by atoms with Crippen LogP contribution in [0.5, 0.6) is 0 Å². The van der Waals surface area contributed by atoms with Crippen LogP contribution in [0.1, 0.15) is 26.4 Å². The van der Waals surface area contributed by atoms with Crippen molar-refractivity contribution in [3.8, 4) is 0 Å². The van der Waals surface area contributed by atoms with E-state index >= 15 is 0 Å². The van der Waals surface area contributed by atoms with E-state index in [1.54, 1.807) is 47.2 Å². The third-order valence-electron chi connectivity index (χ3n) is 4.14. The number of carbonyl (C=O) groups is 2. The Balaban J connectivity index is 1.63. The van der Waals surface area contributed by atoms with Crippen molar-refractivity contribution < 1.29 is 14.0 Å². The zero-order valence-electron chi connectivity index (χ0n) is 13.4. The third-order valence-corrected chi connectivity index (χ3v) is 4.14. The minimum Gasteiger partial charge on any atom is -0.335 e. The monoisotopic (exact) mass is 327 g/mol. The van der Waals surface area contributed by atoms with Crippen molar-refractivity contribution in [3.63, 3.8) is 0 Å². The van der Waals surface area contributed by atoms with Crippen LogP contribution in [0.25, 0.3) is 0 Å². The molecule has 2 heterocycles. The molecule has 0 atom stereocenters. The highest BCUT2D eigenvalue weighted by Crippen LogP contribution is 2.14. The summed E-state index contributed by atoms with van der Waals surface area (Å²) < 4.78 is 13.3. The van der Waals surface area contributed by atoms with Crippen molar-refractivity contribution in [2.75, 3.05) is 26.2 Å². The molecule has 0 bridgehead atoms. The SMILES string of the molecule is Cc1cc(C(=O)N2CCN(C(=O)c3ccccn3)CC2)ccc1F. The van der Waals surface area contributed by atoms with Gasteiger partial charge in [-0.05, 0) is 42.8 Å². The lowest BCUT2D eigenvalue weighted by molar-refractivity contribution is 0.0532. The highest BCUT2D eigenvalue weighted by molar-refractivity contribution is 5.95. The van der Waals surface area contributed by atoms with Gasteiger partial charge in [-0.2, -0.15) is 0 Å². The molecule has 1 aliphatic heterocycles. The first-order valence-electron chi connectivity index (χ1n) is 7.82. The average Bonchev–Trinajstić information content (AvgIpc) is 2.63. The van der Waals surface area contributed by atoms with Gasteiger partial charge in [0.05, 0.1) is 0 Å². The highest BCUT2D eigenvalue weighted by atomic mass is 19.1. The molecule has 3 rings (SSSR count). The first-order valence-corrected chi connectivity index (χ1v) is 7.82. The number of rotatable bonds is 2. The van der Waals surface area contributed by atoms with Crippen LogP contribution in [0, 0.1) is 12.7 Å². The summed E-state index contributed by atoms with van der Waals surface area (Å²) in [6.07, 6.45) is 1.59. The number of halogens is 1. The molecule has 124 valence electrons. The number of benzene rings is 1. The number of hydrogen-bond acceptors (Lipinski definition) is 3. The summed E-state index contributed by atoms with van der Waals surface area (Å²) in [4.78, 5) is 32.3. The van der Waals surface area contributed by atoms with Crippen LogP contribution in [0.3, 0.4) is 0 Å². The molecule has 0 N–H and O–H groups in total. The normalized spacial score (nSPS) is 14.6. The Kier molecular flexibility index (Phi) is 4.55. The summed E-state index contributed by atoms with van der Waals surface area (Å²) in [5, 5.41) is 0. The maximum absolute atomic E-state index is 13.3. The smallest absolute Gasteiger partial charge is 0.272 e. The Labute approximate surface area is 139 Å². The van der Waals surface area contributed by atoms with Gasteiger partial charge in [0.2, 0.25) is 0 Å². The van der Waals surface area contributed by atoms with Gasteiger partial charge in [-0.25, -0.2) is 4.39 Å². The van der Waals surface area contributed by atoms with E-state index in [0.717, 1.165) is 0 Å². The fourth-order valence-corrected chi connectivity index (χ4v) is 2.72. The predicted molar refractivity (Wildman–Crippen MR) is 87.2 cm³/mol. The quantitative estimate of drug-likeness (QED) is 0.849. The van der Waals surface area contributed by atoms with Crippen LogP contribution in [-0.2, 0) is 0 Å². The fourth-order valence-electron chi connectivity index (χ4n) is 2.72.